The fourth-order valence-corrected chi connectivity index (χ4v) is 4.60. The van der Waals surface area contributed by atoms with Crippen LogP contribution in [0.5, 0.6) is 11.5 Å². The summed E-state index contributed by atoms with van der Waals surface area (Å²) in [6.45, 7) is 2.04. The SMILES string of the molecule is CCOC(=O)c1ccc(CN2C(=O)C(=O)/C(=C(/O)c3cc(OC)c(Cl)cc3OC)C2c2ccccc2)cc1. The summed E-state index contributed by atoms with van der Waals surface area (Å²) in [5, 5.41) is 11.7. The molecule has 38 heavy (non-hydrogen) atoms. The maximum absolute atomic E-state index is 13.4. The van der Waals surface area contributed by atoms with Crippen molar-refractivity contribution in [1.29, 1.82) is 0 Å². The molecule has 9 heteroatoms. The summed E-state index contributed by atoms with van der Waals surface area (Å²) in [5.41, 5.74) is 1.77. The van der Waals surface area contributed by atoms with Crippen LogP contribution >= 0.6 is 11.6 Å². The van der Waals surface area contributed by atoms with Crippen molar-refractivity contribution in [2.24, 2.45) is 0 Å². The van der Waals surface area contributed by atoms with Crippen LogP contribution in [0.2, 0.25) is 5.02 Å². The predicted octanol–water partition coefficient (Wildman–Crippen LogP) is 5.16. The normalized spacial score (nSPS) is 16.4. The molecule has 0 aromatic heterocycles. The molecule has 8 nitrogen and oxygen atoms in total. The van der Waals surface area contributed by atoms with Crippen molar-refractivity contribution in [3.05, 3.63) is 99.6 Å². The van der Waals surface area contributed by atoms with Crippen LogP contribution in [0.15, 0.2) is 72.3 Å². The quantitative estimate of drug-likeness (QED) is 0.184. The summed E-state index contributed by atoms with van der Waals surface area (Å²) in [6, 6.07) is 17.6. The molecular formula is C29H26ClNO7. The Morgan fingerprint density at radius 3 is 2.24 bits per heavy atom. The largest absolute Gasteiger partial charge is 0.507 e. The van der Waals surface area contributed by atoms with E-state index in [0.717, 1.165) is 0 Å². The number of aliphatic hydroxyl groups is 1. The molecular weight excluding hydrogens is 510 g/mol. The molecule has 3 aromatic carbocycles. The monoisotopic (exact) mass is 535 g/mol. The van der Waals surface area contributed by atoms with Crippen molar-refractivity contribution < 1.29 is 33.7 Å². The van der Waals surface area contributed by atoms with E-state index < -0.39 is 29.5 Å². The van der Waals surface area contributed by atoms with Gasteiger partial charge in [-0.1, -0.05) is 54.1 Å². The summed E-state index contributed by atoms with van der Waals surface area (Å²) < 4.78 is 15.7. The first kappa shape index (κ1) is 26.8. The van der Waals surface area contributed by atoms with Crippen LogP contribution in [0, 0.1) is 0 Å². The van der Waals surface area contributed by atoms with Crippen LogP contribution in [-0.2, 0) is 20.9 Å². The van der Waals surface area contributed by atoms with Crippen molar-refractivity contribution in [2.75, 3.05) is 20.8 Å². The molecule has 1 amide bonds. The third kappa shape index (κ3) is 5.08. The minimum Gasteiger partial charge on any atom is -0.507 e. The van der Waals surface area contributed by atoms with Gasteiger partial charge in [-0.3, -0.25) is 9.59 Å². The van der Waals surface area contributed by atoms with Gasteiger partial charge in [0.25, 0.3) is 11.7 Å². The molecule has 196 valence electrons. The lowest BCUT2D eigenvalue weighted by molar-refractivity contribution is -0.140. The molecule has 4 rings (SSSR count). The van der Waals surface area contributed by atoms with Crippen LogP contribution in [0.1, 0.15) is 40.0 Å². The predicted molar refractivity (Wildman–Crippen MR) is 141 cm³/mol. The molecule has 1 aliphatic rings. The molecule has 1 aliphatic heterocycles. The number of benzene rings is 3. The number of Topliss-reactive ketones (excluding diaryl/α,β-unsaturated/α-hetero) is 1. The van der Waals surface area contributed by atoms with Gasteiger partial charge in [0.05, 0.1) is 48.6 Å². The lowest BCUT2D eigenvalue weighted by Gasteiger charge is -2.25. The van der Waals surface area contributed by atoms with Crippen LogP contribution in [0.25, 0.3) is 5.76 Å². The van der Waals surface area contributed by atoms with E-state index in [1.54, 1.807) is 55.5 Å². The van der Waals surface area contributed by atoms with E-state index in [1.807, 2.05) is 6.07 Å². The molecule has 3 aromatic rings. The maximum Gasteiger partial charge on any atom is 0.338 e. The molecule has 1 atom stereocenters. The van der Waals surface area contributed by atoms with Gasteiger partial charge in [-0.05, 0) is 36.2 Å². The number of rotatable bonds is 8. The highest BCUT2D eigenvalue weighted by molar-refractivity contribution is 6.46. The van der Waals surface area contributed by atoms with Gasteiger partial charge >= 0.3 is 5.97 Å². The molecule has 1 fully saturated rings. The van der Waals surface area contributed by atoms with Gasteiger partial charge in [-0.2, -0.15) is 0 Å². The Bertz CT molecular complexity index is 1400. The zero-order chi connectivity index (χ0) is 27.4. The second kappa shape index (κ2) is 11.4. The van der Waals surface area contributed by atoms with Crippen LogP contribution in [-0.4, -0.2) is 48.5 Å². The Kier molecular flexibility index (Phi) is 8.02. The number of carbonyl (C=O) groups excluding carboxylic acids is 3. The number of carbonyl (C=O) groups is 3. The average molecular weight is 536 g/mol. The zero-order valence-electron chi connectivity index (χ0n) is 21.1. The summed E-state index contributed by atoms with van der Waals surface area (Å²) >= 11 is 6.22. The molecule has 1 N–H and O–H groups in total. The lowest BCUT2D eigenvalue weighted by Crippen LogP contribution is -2.29. The lowest BCUT2D eigenvalue weighted by atomic mass is 9.94. The minimum atomic E-state index is -0.882. The van der Waals surface area contributed by atoms with Crippen LogP contribution < -0.4 is 9.47 Å². The molecule has 0 bridgehead atoms. The van der Waals surface area contributed by atoms with E-state index in [2.05, 4.69) is 0 Å². The van der Waals surface area contributed by atoms with Crippen molar-refractivity contribution in [3.8, 4) is 11.5 Å². The minimum absolute atomic E-state index is 0.0606. The highest BCUT2D eigenvalue weighted by atomic mass is 35.5. The van der Waals surface area contributed by atoms with Gasteiger partial charge in [0.1, 0.15) is 17.3 Å². The van der Waals surface area contributed by atoms with E-state index >= 15 is 0 Å². The Balaban J connectivity index is 1.81. The van der Waals surface area contributed by atoms with Crippen molar-refractivity contribution >= 4 is 35.0 Å². The first-order valence-corrected chi connectivity index (χ1v) is 12.2. The van der Waals surface area contributed by atoms with Gasteiger partial charge in [0.2, 0.25) is 0 Å². The van der Waals surface area contributed by atoms with E-state index in [4.69, 9.17) is 25.8 Å². The van der Waals surface area contributed by atoms with E-state index in [-0.39, 0.29) is 40.8 Å². The van der Waals surface area contributed by atoms with E-state index in [9.17, 15) is 19.5 Å². The average Bonchev–Trinajstić information content (AvgIpc) is 3.18. The highest BCUT2D eigenvalue weighted by Crippen LogP contribution is 2.43. The Morgan fingerprint density at radius 2 is 1.63 bits per heavy atom. The van der Waals surface area contributed by atoms with Crippen LogP contribution in [0.3, 0.4) is 0 Å². The summed E-state index contributed by atoms with van der Waals surface area (Å²) in [4.78, 5) is 40.1. The van der Waals surface area contributed by atoms with Gasteiger partial charge in [0, 0.05) is 12.6 Å². The first-order valence-electron chi connectivity index (χ1n) is 11.8. The van der Waals surface area contributed by atoms with E-state index in [1.165, 1.54) is 31.3 Å². The molecule has 1 unspecified atom stereocenters. The molecule has 0 radical (unpaired) electrons. The molecule has 0 aliphatic carbocycles. The number of amides is 1. The standard InChI is InChI=1S/C29H26ClNO7/c1-4-38-29(35)19-12-10-17(11-13-19)16-31-25(18-8-6-5-7-9-18)24(27(33)28(31)34)26(32)20-14-23(37-3)21(30)15-22(20)36-2/h5-15,25,32H,4,16H2,1-3H3/b26-24+. The smallest absolute Gasteiger partial charge is 0.338 e. The number of halogens is 1. The Morgan fingerprint density at radius 1 is 0.974 bits per heavy atom. The number of esters is 1. The number of aliphatic hydroxyl groups excluding tert-OH is 1. The van der Waals surface area contributed by atoms with Gasteiger partial charge in [-0.25, -0.2) is 4.79 Å². The van der Waals surface area contributed by atoms with Crippen LogP contribution in [0.4, 0.5) is 0 Å². The number of hydrogen-bond acceptors (Lipinski definition) is 7. The third-order valence-electron chi connectivity index (χ3n) is 6.20. The second-order valence-electron chi connectivity index (χ2n) is 8.44. The van der Waals surface area contributed by atoms with Gasteiger partial charge in [0.15, 0.2) is 0 Å². The topological polar surface area (TPSA) is 102 Å². The first-order chi connectivity index (χ1) is 18.3. The van der Waals surface area contributed by atoms with Crippen molar-refractivity contribution in [1.82, 2.24) is 4.90 Å². The number of ketones is 1. The Labute approximate surface area is 225 Å². The fourth-order valence-electron chi connectivity index (χ4n) is 4.37. The maximum atomic E-state index is 13.4. The van der Waals surface area contributed by atoms with E-state index in [0.29, 0.717) is 16.7 Å². The third-order valence-corrected chi connectivity index (χ3v) is 6.50. The second-order valence-corrected chi connectivity index (χ2v) is 8.85. The molecule has 0 spiro atoms. The van der Waals surface area contributed by atoms with Gasteiger partial charge < -0.3 is 24.2 Å². The summed E-state index contributed by atoms with van der Waals surface area (Å²) in [6.07, 6.45) is 0. The molecule has 0 saturated carbocycles. The van der Waals surface area contributed by atoms with Gasteiger partial charge in [-0.15, -0.1) is 0 Å². The highest BCUT2D eigenvalue weighted by Gasteiger charge is 2.46. The number of ether oxygens (including phenoxy) is 3. The molecule has 1 saturated heterocycles. The number of methoxy groups -OCH3 is 2. The summed E-state index contributed by atoms with van der Waals surface area (Å²) in [5.74, 6) is -1.99. The number of hydrogen-bond donors (Lipinski definition) is 1. The fraction of sp³-hybridized carbons (Fsp3) is 0.207. The zero-order valence-corrected chi connectivity index (χ0v) is 21.8. The number of likely N-dealkylation sites (tertiary alicyclic amines) is 1. The van der Waals surface area contributed by atoms with Crippen molar-refractivity contribution in [3.63, 3.8) is 0 Å². The number of nitrogens with zero attached hydrogens (tertiary/aromatic N) is 1. The molecule has 1 heterocycles. The summed E-state index contributed by atoms with van der Waals surface area (Å²) in [7, 11) is 2.83. The Hall–Kier alpha value is -4.30. The van der Waals surface area contributed by atoms with Crippen molar-refractivity contribution in [2.45, 2.75) is 19.5 Å².